The molecule has 2 nitrogen and oxygen atoms in total. The minimum Gasteiger partial charge on any atom is -0.326 e. The van der Waals surface area contributed by atoms with Crippen molar-refractivity contribution in [2.45, 2.75) is 40.0 Å². The van der Waals surface area contributed by atoms with Gasteiger partial charge < -0.3 is 5.32 Å². The first kappa shape index (κ1) is 16.2. The molecule has 0 radical (unpaired) electrons. The molecule has 0 saturated carbocycles. The highest BCUT2D eigenvalue weighted by Gasteiger charge is 2.08. The molecule has 2 rings (SSSR count). The van der Waals surface area contributed by atoms with Crippen molar-refractivity contribution in [1.82, 2.24) is 0 Å². The van der Waals surface area contributed by atoms with Crippen LogP contribution in [0.1, 0.15) is 34.4 Å². The van der Waals surface area contributed by atoms with Gasteiger partial charge in [-0.2, -0.15) is 0 Å². The zero-order valence-electron chi connectivity index (χ0n) is 12.6. The van der Waals surface area contributed by atoms with Crippen LogP contribution < -0.4 is 5.32 Å². The standard InChI is InChI=1S/C17H20BrNOS/c1-11-9-12(2)17(13(3)10-11)19-16(20)6-4-5-14-7-8-15(18)21-14/h7-10H,4-6H2,1-3H3,(H,19,20). The number of hydrogen-bond acceptors (Lipinski definition) is 2. The summed E-state index contributed by atoms with van der Waals surface area (Å²) in [5.41, 5.74) is 4.45. The molecule has 0 fully saturated rings. The van der Waals surface area contributed by atoms with Crippen molar-refractivity contribution >= 4 is 38.9 Å². The molecule has 1 heterocycles. The molecule has 0 aliphatic heterocycles. The van der Waals surface area contributed by atoms with Gasteiger partial charge in [-0.3, -0.25) is 4.79 Å². The summed E-state index contributed by atoms with van der Waals surface area (Å²) in [5.74, 6) is 0.0978. The molecular weight excluding hydrogens is 346 g/mol. The maximum Gasteiger partial charge on any atom is 0.224 e. The minimum absolute atomic E-state index is 0.0978. The van der Waals surface area contributed by atoms with Gasteiger partial charge in [-0.05, 0) is 72.8 Å². The highest BCUT2D eigenvalue weighted by atomic mass is 79.9. The number of aryl methyl sites for hydroxylation is 4. The number of amides is 1. The third-order valence-electron chi connectivity index (χ3n) is 3.40. The Morgan fingerprint density at radius 3 is 2.43 bits per heavy atom. The van der Waals surface area contributed by atoms with Crippen LogP contribution in [0.4, 0.5) is 5.69 Å². The first-order valence-corrected chi connectivity index (χ1v) is 8.68. The molecule has 0 aliphatic rings. The van der Waals surface area contributed by atoms with Crippen LogP contribution in [0.25, 0.3) is 0 Å². The lowest BCUT2D eigenvalue weighted by atomic mass is 10.0. The van der Waals surface area contributed by atoms with Gasteiger partial charge in [-0.15, -0.1) is 11.3 Å². The van der Waals surface area contributed by atoms with E-state index in [1.54, 1.807) is 11.3 Å². The smallest absolute Gasteiger partial charge is 0.224 e. The number of thiophene rings is 1. The molecule has 1 aromatic heterocycles. The van der Waals surface area contributed by atoms with Crippen molar-refractivity contribution in [2.24, 2.45) is 0 Å². The van der Waals surface area contributed by atoms with Crippen molar-refractivity contribution in [3.63, 3.8) is 0 Å². The Bertz CT molecular complexity index is 625. The average Bonchev–Trinajstić information content (AvgIpc) is 2.79. The predicted octanol–water partition coefficient (Wildman–Crippen LogP) is 5.40. The van der Waals surface area contributed by atoms with Gasteiger partial charge >= 0.3 is 0 Å². The van der Waals surface area contributed by atoms with E-state index in [1.165, 1.54) is 10.4 Å². The van der Waals surface area contributed by atoms with Gasteiger partial charge in [-0.1, -0.05) is 17.7 Å². The van der Waals surface area contributed by atoms with Crippen LogP contribution in [0.2, 0.25) is 0 Å². The third kappa shape index (κ3) is 4.68. The predicted molar refractivity (Wildman–Crippen MR) is 94.2 cm³/mol. The fraction of sp³-hybridized carbons (Fsp3) is 0.353. The molecule has 0 atom stereocenters. The van der Waals surface area contributed by atoms with Gasteiger partial charge in [0.25, 0.3) is 0 Å². The molecule has 0 unspecified atom stereocenters. The van der Waals surface area contributed by atoms with Crippen molar-refractivity contribution in [1.29, 1.82) is 0 Å². The second kappa shape index (κ2) is 7.23. The summed E-state index contributed by atoms with van der Waals surface area (Å²) in [5, 5.41) is 3.05. The summed E-state index contributed by atoms with van der Waals surface area (Å²) in [6.45, 7) is 6.16. The van der Waals surface area contributed by atoms with Gasteiger partial charge in [0.1, 0.15) is 0 Å². The van der Waals surface area contributed by atoms with Gasteiger partial charge in [-0.25, -0.2) is 0 Å². The molecule has 0 spiro atoms. The molecule has 1 amide bonds. The van der Waals surface area contributed by atoms with E-state index in [1.807, 2.05) is 13.8 Å². The summed E-state index contributed by atoms with van der Waals surface area (Å²) < 4.78 is 1.15. The Balaban J connectivity index is 1.87. The Labute approximate surface area is 138 Å². The monoisotopic (exact) mass is 365 g/mol. The van der Waals surface area contributed by atoms with E-state index >= 15 is 0 Å². The lowest BCUT2D eigenvalue weighted by molar-refractivity contribution is -0.116. The molecule has 0 aliphatic carbocycles. The quantitative estimate of drug-likeness (QED) is 0.755. The average molecular weight is 366 g/mol. The molecule has 0 bridgehead atoms. The van der Waals surface area contributed by atoms with Crippen LogP contribution in [0.5, 0.6) is 0 Å². The Hall–Kier alpha value is -1.13. The summed E-state index contributed by atoms with van der Waals surface area (Å²) in [7, 11) is 0. The minimum atomic E-state index is 0.0978. The molecule has 2 aromatic rings. The number of rotatable bonds is 5. The maximum atomic E-state index is 12.1. The van der Waals surface area contributed by atoms with Gasteiger partial charge in [0.05, 0.1) is 3.79 Å². The molecule has 0 saturated heterocycles. The Kier molecular flexibility index (Phi) is 5.59. The summed E-state index contributed by atoms with van der Waals surface area (Å²) in [6.07, 6.45) is 2.39. The van der Waals surface area contributed by atoms with Gasteiger partial charge in [0.15, 0.2) is 0 Å². The number of carbonyl (C=O) groups is 1. The molecule has 1 aromatic carbocycles. The van der Waals surface area contributed by atoms with Crippen LogP contribution in [-0.2, 0) is 11.2 Å². The SMILES string of the molecule is Cc1cc(C)c(NC(=O)CCCc2ccc(Br)s2)c(C)c1. The Morgan fingerprint density at radius 1 is 1.19 bits per heavy atom. The van der Waals surface area contributed by atoms with Gasteiger partial charge in [0.2, 0.25) is 5.91 Å². The fourth-order valence-corrected chi connectivity index (χ4v) is 4.01. The van der Waals surface area contributed by atoms with E-state index in [0.29, 0.717) is 6.42 Å². The van der Waals surface area contributed by atoms with Crippen LogP contribution in [0.15, 0.2) is 28.1 Å². The van der Waals surface area contributed by atoms with Crippen LogP contribution >= 0.6 is 27.3 Å². The highest BCUT2D eigenvalue weighted by molar-refractivity contribution is 9.11. The Morgan fingerprint density at radius 2 is 1.86 bits per heavy atom. The maximum absolute atomic E-state index is 12.1. The topological polar surface area (TPSA) is 29.1 Å². The number of halogens is 1. The van der Waals surface area contributed by atoms with Crippen molar-refractivity contribution in [3.05, 3.63) is 49.6 Å². The second-order valence-corrected chi connectivity index (χ2v) is 7.93. The first-order chi connectivity index (χ1) is 9.95. The zero-order valence-corrected chi connectivity index (χ0v) is 15.0. The second-order valence-electron chi connectivity index (χ2n) is 5.38. The molecule has 4 heteroatoms. The number of benzene rings is 1. The number of carbonyl (C=O) groups excluding carboxylic acids is 1. The van der Waals surface area contributed by atoms with E-state index in [2.05, 4.69) is 52.4 Å². The van der Waals surface area contributed by atoms with Crippen LogP contribution in [0, 0.1) is 20.8 Å². The zero-order chi connectivity index (χ0) is 15.4. The largest absolute Gasteiger partial charge is 0.326 e. The van der Waals surface area contributed by atoms with E-state index in [-0.39, 0.29) is 5.91 Å². The normalized spacial score (nSPS) is 10.7. The number of hydrogen-bond donors (Lipinski definition) is 1. The highest BCUT2D eigenvalue weighted by Crippen LogP contribution is 2.24. The fourth-order valence-electron chi connectivity index (χ4n) is 2.49. The third-order valence-corrected chi connectivity index (χ3v) is 5.08. The van der Waals surface area contributed by atoms with E-state index in [4.69, 9.17) is 0 Å². The van der Waals surface area contributed by atoms with Crippen LogP contribution in [-0.4, -0.2) is 5.91 Å². The van der Waals surface area contributed by atoms with E-state index in [0.717, 1.165) is 33.4 Å². The summed E-state index contributed by atoms with van der Waals surface area (Å²) in [6, 6.07) is 8.37. The molecular formula is C17H20BrNOS. The summed E-state index contributed by atoms with van der Waals surface area (Å²) in [4.78, 5) is 13.4. The van der Waals surface area contributed by atoms with E-state index < -0.39 is 0 Å². The summed E-state index contributed by atoms with van der Waals surface area (Å²) >= 11 is 5.19. The molecule has 1 N–H and O–H groups in total. The lowest BCUT2D eigenvalue weighted by Crippen LogP contribution is -2.13. The molecule has 112 valence electrons. The molecule has 21 heavy (non-hydrogen) atoms. The lowest BCUT2D eigenvalue weighted by Gasteiger charge is -2.12. The van der Waals surface area contributed by atoms with Gasteiger partial charge in [0, 0.05) is 17.0 Å². The van der Waals surface area contributed by atoms with Crippen LogP contribution in [0.3, 0.4) is 0 Å². The first-order valence-electron chi connectivity index (χ1n) is 7.07. The number of nitrogens with one attached hydrogen (secondary N) is 1. The van der Waals surface area contributed by atoms with Crippen molar-refractivity contribution in [3.8, 4) is 0 Å². The van der Waals surface area contributed by atoms with Crippen molar-refractivity contribution in [2.75, 3.05) is 5.32 Å². The number of anilines is 1. The van der Waals surface area contributed by atoms with E-state index in [9.17, 15) is 4.79 Å². The van der Waals surface area contributed by atoms with Crippen molar-refractivity contribution < 1.29 is 4.79 Å².